The highest BCUT2D eigenvalue weighted by atomic mass is 33.1. The number of alkyl carbamates (subject to hydrolysis) is 1. The summed E-state index contributed by atoms with van der Waals surface area (Å²) in [6, 6.07) is 0.659. The first-order valence-corrected chi connectivity index (χ1v) is 30.0. The van der Waals surface area contributed by atoms with Crippen LogP contribution in [0.25, 0.3) is 10.9 Å². The van der Waals surface area contributed by atoms with Crippen LogP contribution in [0.4, 0.5) is 4.79 Å². The molecule has 0 unspecified atom stereocenters. The monoisotopic (exact) mass is 1230 g/mol. The number of rotatable bonds is 21. The molecule has 2 aromatic carbocycles. The number of primary amides is 1. The number of para-hydroxylation sites is 1. The molecule has 10 amide bonds. The second-order valence-corrected chi connectivity index (χ2v) is 26.3. The van der Waals surface area contributed by atoms with E-state index in [1.807, 2.05) is 13.0 Å². The summed E-state index contributed by atoms with van der Waals surface area (Å²) in [7, 11) is 1.97. The third kappa shape index (κ3) is 22.4. The Balaban J connectivity index is 1.83. The lowest BCUT2D eigenvalue weighted by molar-refractivity contribution is -0.142. The van der Waals surface area contributed by atoms with Gasteiger partial charge in [0.1, 0.15) is 60.3 Å². The van der Waals surface area contributed by atoms with Crippen molar-refractivity contribution >= 4 is 97.7 Å². The van der Waals surface area contributed by atoms with Crippen LogP contribution in [0.3, 0.4) is 0 Å². The van der Waals surface area contributed by atoms with Crippen molar-refractivity contribution in [3.05, 3.63) is 65.4 Å². The summed E-state index contributed by atoms with van der Waals surface area (Å²) >= 11 is 0. The lowest BCUT2D eigenvalue weighted by Gasteiger charge is -2.39. The van der Waals surface area contributed by atoms with Gasteiger partial charge in [-0.2, -0.15) is 0 Å². The third-order valence-electron chi connectivity index (χ3n) is 13.4. The lowest BCUT2D eigenvalue weighted by atomic mass is 9.98. The maximum Gasteiger partial charge on any atom is 0.407 e. The van der Waals surface area contributed by atoms with Gasteiger partial charge >= 0.3 is 12.1 Å². The van der Waals surface area contributed by atoms with Crippen LogP contribution in [0, 0.1) is 6.92 Å². The van der Waals surface area contributed by atoms with Gasteiger partial charge in [0.15, 0.2) is 0 Å². The summed E-state index contributed by atoms with van der Waals surface area (Å²) in [6.45, 7) is 17.4. The van der Waals surface area contributed by atoms with E-state index in [1.54, 1.807) is 91.1 Å². The van der Waals surface area contributed by atoms with Crippen LogP contribution >= 0.6 is 21.6 Å². The number of aromatic amines is 1. The van der Waals surface area contributed by atoms with E-state index in [9.17, 15) is 58.2 Å². The van der Waals surface area contributed by atoms with Gasteiger partial charge in [-0.3, -0.25) is 43.2 Å². The summed E-state index contributed by atoms with van der Waals surface area (Å²) in [5.74, 6) is -8.72. The van der Waals surface area contributed by atoms with Crippen molar-refractivity contribution in [2.24, 2.45) is 5.73 Å². The molecule has 1 fully saturated rings. The van der Waals surface area contributed by atoms with Crippen LogP contribution in [0.15, 0.2) is 48.7 Å². The minimum atomic E-state index is -1.80. The Labute approximate surface area is 502 Å². The second-order valence-electron chi connectivity index (χ2n) is 22.9. The number of benzene rings is 2. The fraction of sp³-hybridized carbons (Fsp3) is 0.561. The Morgan fingerprint density at radius 3 is 1.98 bits per heavy atom. The number of hydrogen-bond acceptors (Lipinski definition) is 16. The third-order valence-corrected chi connectivity index (χ3v) is 17.6. The molecule has 4 rings (SSSR count). The summed E-state index contributed by atoms with van der Waals surface area (Å²) in [6.07, 6.45) is -1.50. The molecule has 28 heteroatoms. The second kappa shape index (κ2) is 31.5. The van der Waals surface area contributed by atoms with Crippen molar-refractivity contribution in [1.82, 2.24) is 52.8 Å². The number of aliphatic hydroxyl groups excluding tert-OH is 1. The summed E-state index contributed by atoms with van der Waals surface area (Å²) in [4.78, 5) is 153. The first-order valence-electron chi connectivity index (χ1n) is 27.8. The normalized spacial score (nSPS) is 21.4. The van der Waals surface area contributed by atoms with Crippen molar-refractivity contribution in [2.75, 3.05) is 19.7 Å². The molecule has 1 aliphatic rings. The topological polar surface area (TPSA) is 397 Å². The Kier molecular flexibility index (Phi) is 25.9. The van der Waals surface area contributed by atoms with Crippen molar-refractivity contribution in [1.29, 1.82) is 0 Å². The number of carboxylic acids is 1. The molecule has 0 radical (unpaired) electrons. The van der Waals surface area contributed by atoms with Gasteiger partial charge in [-0.1, -0.05) is 51.9 Å². The minimum Gasteiger partial charge on any atom is -0.492 e. The Bertz CT molecular complexity index is 2890. The van der Waals surface area contributed by atoms with E-state index in [0.29, 0.717) is 28.7 Å². The number of nitrogens with two attached hydrogens (primary N) is 1. The number of hydrogen-bond donors (Lipinski definition) is 13. The number of aryl methyl sites for hydroxylation is 1. The van der Waals surface area contributed by atoms with E-state index < -0.39 is 136 Å². The van der Waals surface area contributed by atoms with Crippen molar-refractivity contribution < 1.29 is 72.4 Å². The number of H-pyrrole nitrogens is 1. The number of unbranched alkanes of at least 4 members (excludes halogenated alkanes) is 1. The Morgan fingerprint density at radius 2 is 1.36 bits per heavy atom. The highest BCUT2D eigenvalue weighted by Gasteiger charge is 2.45. The fourth-order valence-corrected chi connectivity index (χ4v) is 11.7. The smallest absolute Gasteiger partial charge is 0.407 e. The molecule has 85 heavy (non-hydrogen) atoms. The van der Waals surface area contributed by atoms with Crippen LogP contribution in [0.2, 0.25) is 0 Å². The average molecular weight is 1230 g/mol. The summed E-state index contributed by atoms with van der Waals surface area (Å²) < 4.78 is 8.13. The van der Waals surface area contributed by atoms with Gasteiger partial charge in [0, 0.05) is 66.2 Å². The zero-order valence-corrected chi connectivity index (χ0v) is 51.5. The maximum absolute atomic E-state index is 15.0. The standard InChI is InChI=1S/C57H83N11O15S2/c1-30-15-14-16-37-35(29-61-43(30)37)28-40-49(75)63-38(17-12-13-24-59-32(3)70)48(74)68-46(52(78)66-41(53(79)80)27-34-18-20-36(21-19-34)82-26-25-60-54(81)83-55(5,6)7)57(10,11)85-84-56(8,9)45(62-33(4)71)51(77)64-39(22-23-42(58)72)47(73)67-44(31(2)69)50(76)65-40/h14-16,18-21,29,31,38-41,44-46,61,69H,12-13,17,22-28H2,1-11H3,(H2,58,72)(H,59,70)(H,60,81)(H,62,71)(H,63,75)(H,64,77)(H,65,76)(H,66,78)(H,67,73)(H,68,74)(H,79,80)/t31-,38+,39+,40+,41+,44+,45-,46-/m1/s1. The first-order chi connectivity index (χ1) is 39.7. The van der Waals surface area contributed by atoms with Gasteiger partial charge in [-0.05, 0) is 117 Å². The van der Waals surface area contributed by atoms with Crippen LogP contribution in [0.5, 0.6) is 5.75 Å². The molecule has 2 heterocycles. The van der Waals surface area contributed by atoms with Gasteiger partial charge in [-0.25, -0.2) is 9.59 Å². The van der Waals surface area contributed by atoms with Gasteiger partial charge < -0.3 is 78.3 Å². The zero-order valence-electron chi connectivity index (χ0n) is 49.9. The molecule has 1 aromatic heterocycles. The molecule has 8 atom stereocenters. The van der Waals surface area contributed by atoms with Crippen molar-refractivity contribution in [3.8, 4) is 5.75 Å². The van der Waals surface area contributed by atoms with E-state index >= 15 is 4.79 Å². The number of carbonyl (C=O) groups excluding carboxylic acids is 10. The van der Waals surface area contributed by atoms with Gasteiger partial charge in [-0.15, -0.1) is 0 Å². The molecule has 0 saturated carbocycles. The molecule has 3 aromatic rings. The van der Waals surface area contributed by atoms with Gasteiger partial charge in [0.25, 0.3) is 0 Å². The molecule has 0 spiro atoms. The highest BCUT2D eigenvalue weighted by Crippen LogP contribution is 2.47. The molecule has 1 saturated heterocycles. The van der Waals surface area contributed by atoms with E-state index in [0.717, 1.165) is 39.6 Å². The van der Waals surface area contributed by atoms with E-state index in [2.05, 4.69) is 52.8 Å². The molecular weight excluding hydrogens is 1140 g/mol. The number of aromatic nitrogens is 1. The number of carboxylic acid groups (broad SMARTS) is 1. The van der Waals surface area contributed by atoms with Gasteiger partial charge in [0.05, 0.1) is 12.6 Å². The van der Waals surface area contributed by atoms with Crippen LogP contribution in [0.1, 0.15) is 118 Å². The Morgan fingerprint density at radius 1 is 0.753 bits per heavy atom. The zero-order chi connectivity index (χ0) is 63.6. The minimum absolute atomic E-state index is 0.0787. The number of fused-ring (bicyclic) bond motifs is 1. The number of amides is 10. The van der Waals surface area contributed by atoms with Gasteiger partial charge in [0.2, 0.25) is 53.2 Å². The SMILES string of the molecule is CC(=O)NCCCC[C@@H]1NC(=O)[C@H](Cc2c[nH]c3c(C)cccc23)NC(=O)[C@H]([C@@H](C)O)NC(=O)[C@H](CCC(N)=O)NC(=O)[C@@H](NC(C)=O)C(C)(C)SSC(C)(C)[C@@H](C(=O)N[C@@H](Cc2ccc(OCCNC(=O)OC(C)(C)C)cc2)C(=O)O)NC1=O. The molecule has 26 nitrogen and oxygen atoms in total. The molecule has 468 valence electrons. The van der Waals surface area contributed by atoms with E-state index in [4.69, 9.17) is 15.2 Å². The molecular formula is C57H83N11O15S2. The van der Waals surface area contributed by atoms with Crippen LogP contribution in [-0.4, -0.2) is 164 Å². The highest BCUT2D eigenvalue weighted by molar-refractivity contribution is 8.77. The number of aliphatic hydroxyl groups is 1. The maximum atomic E-state index is 15.0. The molecule has 0 bridgehead atoms. The predicted molar refractivity (Wildman–Crippen MR) is 319 cm³/mol. The van der Waals surface area contributed by atoms with Crippen LogP contribution < -0.4 is 58.3 Å². The molecule has 0 aliphatic carbocycles. The fourth-order valence-electron chi connectivity index (χ4n) is 8.89. The summed E-state index contributed by atoms with van der Waals surface area (Å²) in [5.41, 5.74) is 7.38. The molecule has 1 aliphatic heterocycles. The van der Waals surface area contributed by atoms with E-state index in [-0.39, 0.29) is 51.3 Å². The number of aliphatic carboxylic acids is 1. The number of nitrogens with one attached hydrogen (secondary N) is 10. The molecule has 14 N–H and O–H groups in total. The van der Waals surface area contributed by atoms with Crippen LogP contribution in [-0.2, 0) is 65.5 Å². The Hall–Kier alpha value is -7.59. The lowest BCUT2D eigenvalue weighted by Crippen LogP contribution is -2.64. The van der Waals surface area contributed by atoms with Crippen molar-refractivity contribution in [3.63, 3.8) is 0 Å². The number of carbonyl (C=O) groups is 11. The number of ether oxygens (including phenoxy) is 2. The quantitative estimate of drug-likeness (QED) is 0.0532. The largest absolute Gasteiger partial charge is 0.492 e. The van der Waals surface area contributed by atoms with E-state index in [1.165, 1.54) is 13.8 Å². The van der Waals surface area contributed by atoms with Crippen molar-refractivity contribution in [2.45, 2.75) is 185 Å². The average Bonchev–Trinajstić information content (AvgIpc) is 3.26. The predicted octanol–water partition coefficient (Wildman–Crippen LogP) is 1.57. The summed E-state index contributed by atoms with van der Waals surface area (Å²) in [5, 5.41) is 46.0. The first kappa shape index (κ1) is 69.9.